The zero-order chi connectivity index (χ0) is 13.7. The normalized spacial score (nSPS) is 9.22. The van der Waals surface area contributed by atoms with Gasteiger partial charge in [-0.2, -0.15) is 0 Å². The molecule has 0 radical (unpaired) electrons. The molecule has 2 N–H and O–H groups in total. The van der Waals surface area contributed by atoms with Gasteiger partial charge in [-0.3, -0.25) is 10.1 Å². The molecule has 18 heavy (non-hydrogen) atoms. The van der Waals surface area contributed by atoms with Gasteiger partial charge in [0.15, 0.2) is 0 Å². The van der Waals surface area contributed by atoms with Gasteiger partial charge in [0.1, 0.15) is 0 Å². The SMILES string of the molecule is CC#CCNc1c(Cl)cc([N+](=O)[O-])cc1C(=O)O. The minimum Gasteiger partial charge on any atom is -0.478 e. The zero-order valence-electron chi connectivity index (χ0n) is 9.36. The molecule has 0 bridgehead atoms. The molecule has 1 aromatic carbocycles. The minimum atomic E-state index is -1.30. The molecule has 0 aliphatic rings. The van der Waals surface area contributed by atoms with Crippen LogP contribution in [0, 0.1) is 22.0 Å². The van der Waals surface area contributed by atoms with Gasteiger partial charge in [0.2, 0.25) is 0 Å². The smallest absolute Gasteiger partial charge is 0.338 e. The van der Waals surface area contributed by atoms with Crippen LogP contribution >= 0.6 is 11.6 Å². The van der Waals surface area contributed by atoms with E-state index in [4.69, 9.17) is 16.7 Å². The Balaban J connectivity index is 3.25. The first-order valence-corrected chi connectivity index (χ1v) is 5.20. The van der Waals surface area contributed by atoms with E-state index in [-0.39, 0.29) is 28.5 Å². The molecule has 0 aromatic heterocycles. The van der Waals surface area contributed by atoms with Gasteiger partial charge in [0.25, 0.3) is 5.69 Å². The Morgan fingerprint density at radius 2 is 2.28 bits per heavy atom. The molecule has 0 unspecified atom stereocenters. The van der Waals surface area contributed by atoms with E-state index >= 15 is 0 Å². The molecule has 94 valence electrons. The number of rotatable bonds is 4. The van der Waals surface area contributed by atoms with Crippen molar-refractivity contribution in [2.75, 3.05) is 11.9 Å². The number of nitrogens with one attached hydrogen (secondary N) is 1. The van der Waals surface area contributed by atoms with Crippen LogP contribution in [0.25, 0.3) is 0 Å². The summed E-state index contributed by atoms with van der Waals surface area (Å²) >= 11 is 5.82. The molecule has 0 saturated heterocycles. The lowest BCUT2D eigenvalue weighted by atomic mass is 10.1. The number of hydrogen-bond donors (Lipinski definition) is 2. The Morgan fingerprint density at radius 1 is 1.61 bits per heavy atom. The summed E-state index contributed by atoms with van der Waals surface area (Å²) < 4.78 is 0. The number of hydrogen-bond acceptors (Lipinski definition) is 4. The second-order valence-corrected chi connectivity index (χ2v) is 3.60. The molecule has 0 saturated carbocycles. The number of nitro benzene ring substituents is 1. The molecule has 7 heteroatoms. The molecule has 0 aliphatic carbocycles. The van der Waals surface area contributed by atoms with Gasteiger partial charge in [0, 0.05) is 12.1 Å². The average molecular weight is 269 g/mol. The molecule has 0 amide bonds. The average Bonchev–Trinajstić information content (AvgIpc) is 2.30. The number of anilines is 1. The lowest BCUT2D eigenvalue weighted by molar-refractivity contribution is -0.384. The first kappa shape index (κ1) is 13.8. The van der Waals surface area contributed by atoms with Crippen molar-refractivity contribution >= 4 is 28.9 Å². The highest BCUT2D eigenvalue weighted by Gasteiger charge is 2.19. The van der Waals surface area contributed by atoms with Gasteiger partial charge in [-0.25, -0.2) is 4.79 Å². The Kier molecular flexibility index (Phi) is 4.52. The van der Waals surface area contributed by atoms with Gasteiger partial charge in [-0.15, -0.1) is 5.92 Å². The topological polar surface area (TPSA) is 92.5 Å². The van der Waals surface area contributed by atoms with Gasteiger partial charge in [-0.05, 0) is 6.92 Å². The minimum absolute atomic E-state index is 0.0282. The van der Waals surface area contributed by atoms with Crippen molar-refractivity contribution in [3.63, 3.8) is 0 Å². The van der Waals surface area contributed by atoms with Crippen molar-refractivity contribution in [3.8, 4) is 11.8 Å². The van der Waals surface area contributed by atoms with Crippen LogP contribution in [-0.4, -0.2) is 22.5 Å². The highest BCUT2D eigenvalue weighted by atomic mass is 35.5. The molecule has 0 atom stereocenters. The second-order valence-electron chi connectivity index (χ2n) is 3.19. The number of nitrogens with zero attached hydrogens (tertiary/aromatic N) is 1. The van der Waals surface area contributed by atoms with Crippen molar-refractivity contribution in [1.29, 1.82) is 0 Å². The number of carboxylic acids is 1. The van der Waals surface area contributed by atoms with Crippen LogP contribution in [0.4, 0.5) is 11.4 Å². The van der Waals surface area contributed by atoms with Gasteiger partial charge in [-0.1, -0.05) is 17.5 Å². The molecule has 1 rings (SSSR count). The van der Waals surface area contributed by atoms with E-state index in [1.807, 2.05) is 0 Å². The van der Waals surface area contributed by atoms with Crippen molar-refractivity contribution in [1.82, 2.24) is 0 Å². The number of aromatic carboxylic acids is 1. The van der Waals surface area contributed by atoms with Gasteiger partial charge in [0.05, 0.1) is 27.7 Å². The molecule has 1 aromatic rings. The molecule has 0 heterocycles. The van der Waals surface area contributed by atoms with Gasteiger partial charge >= 0.3 is 5.97 Å². The van der Waals surface area contributed by atoms with E-state index < -0.39 is 10.9 Å². The maximum absolute atomic E-state index is 11.0. The lowest BCUT2D eigenvalue weighted by Crippen LogP contribution is -2.08. The summed E-state index contributed by atoms with van der Waals surface area (Å²) in [5.41, 5.74) is -0.505. The zero-order valence-corrected chi connectivity index (χ0v) is 10.1. The molecule has 0 aliphatic heterocycles. The summed E-state index contributed by atoms with van der Waals surface area (Å²) in [6.07, 6.45) is 0. The first-order chi connectivity index (χ1) is 8.47. The fraction of sp³-hybridized carbons (Fsp3) is 0.182. The van der Waals surface area contributed by atoms with Crippen LogP contribution in [-0.2, 0) is 0 Å². The number of nitro groups is 1. The summed E-state index contributed by atoms with van der Waals surface area (Å²) in [6.45, 7) is 1.84. The van der Waals surface area contributed by atoms with E-state index in [1.54, 1.807) is 6.92 Å². The van der Waals surface area contributed by atoms with E-state index in [1.165, 1.54) is 0 Å². The van der Waals surface area contributed by atoms with Crippen molar-refractivity contribution in [2.45, 2.75) is 6.92 Å². The van der Waals surface area contributed by atoms with Crippen LogP contribution in [0.15, 0.2) is 12.1 Å². The number of halogens is 1. The van der Waals surface area contributed by atoms with Crippen LogP contribution in [0.1, 0.15) is 17.3 Å². The van der Waals surface area contributed by atoms with E-state index in [0.717, 1.165) is 12.1 Å². The molecule has 6 nitrogen and oxygen atoms in total. The summed E-state index contributed by atoms with van der Waals surface area (Å²) in [7, 11) is 0. The Labute approximate surface area is 108 Å². The Morgan fingerprint density at radius 3 is 2.78 bits per heavy atom. The van der Waals surface area contributed by atoms with Crippen LogP contribution in [0.3, 0.4) is 0 Å². The van der Waals surface area contributed by atoms with Gasteiger partial charge < -0.3 is 10.4 Å². The standard InChI is InChI=1S/C11H9ClN2O4/c1-2-3-4-13-10-8(11(15)16)5-7(14(17)18)6-9(10)12/h5-6,13H,4H2,1H3,(H,15,16). The second kappa shape index (κ2) is 5.89. The van der Waals surface area contributed by atoms with E-state index in [0.29, 0.717) is 0 Å². The number of carboxylic acid groups (broad SMARTS) is 1. The third-order valence-corrected chi connectivity index (χ3v) is 2.34. The summed E-state index contributed by atoms with van der Waals surface area (Å²) in [5.74, 6) is 4.01. The Hall–Kier alpha value is -2.26. The lowest BCUT2D eigenvalue weighted by Gasteiger charge is -2.09. The van der Waals surface area contributed by atoms with E-state index in [9.17, 15) is 14.9 Å². The number of non-ortho nitro benzene ring substituents is 1. The monoisotopic (exact) mass is 268 g/mol. The quantitative estimate of drug-likeness (QED) is 0.497. The van der Waals surface area contributed by atoms with Crippen molar-refractivity contribution < 1.29 is 14.8 Å². The van der Waals surface area contributed by atoms with Crippen LogP contribution in [0.5, 0.6) is 0 Å². The Bertz CT molecular complexity index is 560. The van der Waals surface area contributed by atoms with Crippen molar-refractivity contribution in [2.24, 2.45) is 0 Å². The van der Waals surface area contributed by atoms with Crippen molar-refractivity contribution in [3.05, 3.63) is 32.8 Å². The predicted octanol–water partition coefficient (Wildman–Crippen LogP) is 2.38. The van der Waals surface area contributed by atoms with E-state index in [2.05, 4.69) is 17.2 Å². The first-order valence-electron chi connectivity index (χ1n) is 4.82. The third kappa shape index (κ3) is 3.12. The predicted molar refractivity (Wildman–Crippen MR) is 67.0 cm³/mol. The molecular formula is C11H9ClN2O4. The summed E-state index contributed by atoms with van der Waals surface area (Å²) in [5, 5.41) is 22.3. The molecular weight excluding hydrogens is 260 g/mol. The maximum atomic E-state index is 11.0. The highest BCUT2D eigenvalue weighted by molar-refractivity contribution is 6.34. The largest absolute Gasteiger partial charge is 0.478 e. The fourth-order valence-electron chi connectivity index (χ4n) is 1.27. The fourth-order valence-corrected chi connectivity index (χ4v) is 1.55. The van der Waals surface area contributed by atoms with Crippen LogP contribution in [0.2, 0.25) is 5.02 Å². The number of carbonyl (C=O) groups is 1. The summed E-state index contributed by atoms with van der Waals surface area (Å²) in [6, 6.07) is 2.05. The molecule has 0 spiro atoms. The summed E-state index contributed by atoms with van der Waals surface area (Å²) in [4.78, 5) is 20.9. The molecule has 0 fully saturated rings. The third-order valence-electron chi connectivity index (χ3n) is 2.05. The highest BCUT2D eigenvalue weighted by Crippen LogP contribution is 2.31. The maximum Gasteiger partial charge on any atom is 0.338 e. The number of benzene rings is 1. The van der Waals surface area contributed by atoms with Crippen LogP contribution < -0.4 is 5.32 Å².